The Labute approximate surface area is 134 Å². The van der Waals surface area contributed by atoms with Gasteiger partial charge in [-0.1, -0.05) is 29.8 Å². The lowest BCUT2D eigenvalue weighted by Gasteiger charge is -2.16. The summed E-state index contributed by atoms with van der Waals surface area (Å²) in [4.78, 5) is 2.10. The number of hydrogen-bond acceptors (Lipinski definition) is 3. The average molecular weight is 352 g/mol. The van der Waals surface area contributed by atoms with Crippen LogP contribution in [-0.2, 0) is 13.0 Å². The number of halogens is 1. The van der Waals surface area contributed by atoms with Gasteiger partial charge in [0.05, 0.1) is 22.9 Å². The molecule has 0 bridgehead atoms. The van der Waals surface area contributed by atoms with Gasteiger partial charge in [-0.25, -0.2) is 0 Å². The van der Waals surface area contributed by atoms with Gasteiger partial charge in [0.15, 0.2) is 0 Å². The molecule has 0 aliphatic carbocycles. The molecule has 0 radical (unpaired) electrons. The lowest BCUT2D eigenvalue weighted by molar-refractivity contribution is 0.164. The predicted molar refractivity (Wildman–Crippen MR) is 88.3 cm³/mol. The summed E-state index contributed by atoms with van der Waals surface area (Å²) in [5.74, 6) is 0. The second-order valence-electron chi connectivity index (χ2n) is 5.61. The zero-order valence-corrected chi connectivity index (χ0v) is 14.3. The minimum atomic E-state index is -0.564. The molecule has 0 spiro atoms. The molecule has 114 valence electrons. The molecule has 1 unspecified atom stereocenters. The van der Waals surface area contributed by atoms with E-state index in [1.54, 1.807) is 6.20 Å². The van der Waals surface area contributed by atoms with Crippen LogP contribution in [0.25, 0.3) is 0 Å². The standard InChI is InChI=1S/C16H22BrN3O/c1-12-5-4-6-13(9-12)10-15(21)16-14(17)11-18-20(16)8-7-19(2)3/h4-6,9,11,15,21H,7-8,10H2,1-3H3. The molecule has 1 heterocycles. The van der Waals surface area contributed by atoms with Gasteiger partial charge in [0.1, 0.15) is 6.10 Å². The summed E-state index contributed by atoms with van der Waals surface area (Å²) < 4.78 is 2.74. The van der Waals surface area contributed by atoms with Crippen molar-refractivity contribution in [3.8, 4) is 0 Å². The molecule has 1 aromatic carbocycles. The SMILES string of the molecule is Cc1cccc(CC(O)c2c(Br)cnn2CCN(C)C)c1. The highest BCUT2D eigenvalue weighted by Gasteiger charge is 2.18. The van der Waals surface area contributed by atoms with E-state index in [0.717, 1.165) is 28.8 Å². The Hall–Kier alpha value is -1.17. The van der Waals surface area contributed by atoms with Crippen LogP contribution in [0, 0.1) is 6.92 Å². The molecule has 0 aliphatic rings. The number of aromatic nitrogens is 2. The van der Waals surface area contributed by atoms with Crippen LogP contribution in [0.15, 0.2) is 34.9 Å². The number of rotatable bonds is 6. The molecule has 1 atom stereocenters. The molecular weight excluding hydrogens is 330 g/mol. The van der Waals surface area contributed by atoms with Crippen LogP contribution >= 0.6 is 15.9 Å². The first-order chi connectivity index (χ1) is 9.97. The Morgan fingerprint density at radius 3 is 2.81 bits per heavy atom. The first-order valence-corrected chi connectivity index (χ1v) is 7.86. The first kappa shape index (κ1) is 16.2. The molecular formula is C16H22BrN3O. The summed E-state index contributed by atoms with van der Waals surface area (Å²) in [6.07, 6.45) is 1.78. The van der Waals surface area contributed by atoms with Crippen molar-refractivity contribution in [2.75, 3.05) is 20.6 Å². The first-order valence-electron chi connectivity index (χ1n) is 7.07. The van der Waals surface area contributed by atoms with Crippen molar-refractivity contribution in [2.24, 2.45) is 0 Å². The molecule has 0 saturated carbocycles. The zero-order valence-electron chi connectivity index (χ0n) is 12.8. The Morgan fingerprint density at radius 1 is 1.38 bits per heavy atom. The lowest BCUT2D eigenvalue weighted by atomic mass is 10.0. The fourth-order valence-electron chi connectivity index (χ4n) is 2.34. The molecule has 0 aliphatic heterocycles. The number of hydrogen-bond donors (Lipinski definition) is 1. The highest BCUT2D eigenvalue weighted by molar-refractivity contribution is 9.10. The minimum Gasteiger partial charge on any atom is -0.386 e. The van der Waals surface area contributed by atoms with Gasteiger partial charge < -0.3 is 10.0 Å². The fourth-order valence-corrected chi connectivity index (χ4v) is 2.90. The summed E-state index contributed by atoms with van der Waals surface area (Å²) in [6, 6.07) is 8.24. The van der Waals surface area contributed by atoms with E-state index in [-0.39, 0.29) is 0 Å². The van der Waals surface area contributed by atoms with Gasteiger partial charge in [0.2, 0.25) is 0 Å². The normalized spacial score (nSPS) is 12.9. The largest absolute Gasteiger partial charge is 0.386 e. The molecule has 5 heteroatoms. The maximum absolute atomic E-state index is 10.6. The van der Waals surface area contributed by atoms with E-state index in [4.69, 9.17) is 0 Å². The van der Waals surface area contributed by atoms with E-state index in [9.17, 15) is 5.11 Å². The van der Waals surface area contributed by atoms with Gasteiger partial charge in [-0.15, -0.1) is 0 Å². The van der Waals surface area contributed by atoms with Crippen molar-refractivity contribution in [1.29, 1.82) is 0 Å². The van der Waals surface area contributed by atoms with Crippen molar-refractivity contribution < 1.29 is 5.11 Å². The van der Waals surface area contributed by atoms with Gasteiger partial charge in [0, 0.05) is 13.0 Å². The van der Waals surface area contributed by atoms with Crippen LogP contribution in [0.1, 0.15) is 22.9 Å². The highest BCUT2D eigenvalue weighted by Crippen LogP contribution is 2.26. The van der Waals surface area contributed by atoms with E-state index >= 15 is 0 Å². The third-order valence-corrected chi connectivity index (χ3v) is 4.03. The van der Waals surface area contributed by atoms with Crippen molar-refractivity contribution in [2.45, 2.75) is 26.0 Å². The van der Waals surface area contributed by atoms with Gasteiger partial charge in [0.25, 0.3) is 0 Å². The van der Waals surface area contributed by atoms with Crippen LogP contribution < -0.4 is 0 Å². The van der Waals surface area contributed by atoms with Gasteiger partial charge in [-0.2, -0.15) is 5.10 Å². The van der Waals surface area contributed by atoms with E-state index in [0.29, 0.717) is 6.42 Å². The van der Waals surface area contributed by atoms with Crippen LogP contribution in [0.3, 0.4) is 0 Å². The summed E-state index contributed by atoms with van der Waals surface area (Å²) in [5, 5.41) is 14.9. The molecule has 2 aromatic rings. The third kappa shape index (κ3) is 4.40. The zero-order chi connectivity index (χ0) is 15.4. The Kier molecular flexibility index (Phi) is 5.56. The summed E-state index contributed by atoms with van der Waals surface area (Å²) in [5.41, 5.74) is 3.19. The lowest BCUT2D eigenvalue weighted by Crippen LogP contribution is -2.21. The molecule has 2 rings (SSSR count). The quantitative estimate of drug-likeness (QED) is 0.869. The smallest absolute Gasteiger partial charge is 0.101 e. The van der Waals surface area contributed by atoms with E-state index < -0.39 is 6.10 Å². The van der Waals surface area contributed by atoms with Crippen molar-refractivity contribution in [3.05, 3.63) is 51.8 Å². The maximum atomic E-state index is 10.6. The average Bonchev–Trinajstić information content (AvgIpc) is 2.77. The minimum absolute atomic E-state index is 0.564. The van der Waals surface area contributed by atoms with Crippen molar-refractivity contribution in [3.63, 3.8) is 0 Å². The molecule has 21 heavy (non-hydrogen) atoms. The number of aryl methyl sites for hydroxylation is 1. The molecule has 0 amide bonds. The van der Waals surface area contributed by atoms with Gasteiger partial charge in [-0.3, -0.25) is 4.68 Å². The maximum Gasteiger partial charge on any atom is 0.101 e. The van der Waals surface area contributed by atoms with E-state index in [1.165, 1.54) is 5.56 Å². The Morgan fingerprint density at radius 2 is 2.14 bits per heavy atom. The number of nitrogens with zero attached hydrogens (tertiary/aromatic N) is 3. The second-order valence-corrected chi connectivity index (χ2v) is 6.47. The number of aliphatic hydroxyl groups excluding tert-OH is 1. The summed E-state index contributed by atoms with van der Waals surface area (Å²) in [7, 11) is 4.06. The van der Waals surface area contributed by atoms with Crippen molar-refractivity contribution >= 4 is 15.9 Å². The van der Waals surface area contributed by atoms with Crippen LogP contribution in [0.5, 0.6) is 0 Å². The van der Waals surface area contributed by atoms with Crippen molar-refractivity contribution in [1.82, 2.24) is 14.7 Å². The van der Waals surface area contributed by atoms with Gasteiger partial charge >= 0.3 is 0 Å². The second kappa shape index (κ2) is 7.20. The van der Waals surface area contributed by atoms with Crippen LogP contribution in [-0.4, -0.2) is 40.4 Å². The Balaban J connectivity index is 2.14. The topological polar surface area (TPSA) is 41.3 Å². The molecule has 4 nitrogen and oxygen atoms in total. The predicted octanol–water partition coefficient (Wildman–Crippen LogP) is 2.79. The van der Waals surface area contributed by atoms with Crippen LogP contribution in [0.2, 0.25) is 0 Å². The fraction of sp³-hybridized carbons (Fsp3) is 0.438. The monoisotopic (exact) mass is 351 g/mol. The number of benzene rings is 1. The molecule has 1 aromatic heterocycles. The number of likely N-dealkylation sites (N-methyl/N-ethyl adjacent to an activating group) is 1. The molecule has 0 fully saturated rings. The summed E-state index contributed by atoms with van der Waals surface area (Å²) in [6.45, 7) is 3.71. The number of aliphatic hydroxyl groups is 1. The Bertz CT molecular complexity index is 595. The van der Waals surface area contributed by atoms with Crippen LogP contribution in [0.4, 0.5) is 0 Å². The highest BCUT2D eigenvalue weighted by atomic mass is 79.9. The van der Waals surface area contributed by atoms with E-state index in [2.05, 4.69) is 45.0 Å². The third-order valence-electron chi connectivity index (χ3n) is 3.42. The van der Waals surface area contributed by atoms with E-state index in [1.807, 2.05) is 30.9 Å². The summed E-state index contributed by atoms with van der Waals surface area (Å²) >= 11 is 3.50. The molecule has 0 saturated heterocycles. The molecule has 1 N–H and O–H groups in total. The van der Waals surface area contributed by atoms with Gasteiger partial charge in [-0.05, 0) is 42.5 Å².